The molecule has 0 spiro atoms. The normalized spacial score (nSPS) is 12.3. The molecule has 0 saturated heterocycles. The number of nitrogens with zero attached hydrogens (tertiary/aromatic N) is 4. The van der Waals surface area contributed by atoms with E-state index in [0.717, 1.165) is 16.7 Å². The molecule has 26 heavy (non-hydrogen) atoms. The summed E-state index contributed by atoms with van der Waals surface area (Å²) in [6, 6.07) is 18.4. The Labute approximate surface area is 150 Å². The summed E-state index contributed by atoms with van der Waals surface area (Å²) in [6.07, 6.45) is 1.23. The fourth-order valence-electron chi connectivity index (χ4n) is 3.01. The zero-order valence-corrected chi connectivity index (χ0v) is 14.2. The number of anilines is 2. The summed E-state index contributed by atoms with van der Waals surface area (Å²) in [5, 5.41) is 0. The highest BCUT2D eigenvalue weighted by Crippen LogP contribution is 2.27. The second-order valence-corrected chi connectivity index (χ2v) is 5.87. The Bertz CT molecular complexity index is 1040. The van der Waals surface area contributed by atoms with Gasteiger partial charge in [0, 0.05) is 12.7 Å². The van der Waals surface area contributed by atoms with Crippen molar-refractivity contribution in [2.24, 2.45) is 0 Å². The molecule has 7 heteroatoms. The number of aromatic nitrogens is 4. The van der Waals surface area contributed by atoms with Crippen molar-refractivity contribution in [1.82, 2.24) is 19.5 Å². The van der Waals surface area contributed by atoms with Gasteiger partial charge in [0.15, 0.2) is 17.7 Å². The SMILES string of the molecule is COC(c1ccc(-c2ccccc2)cc1)n1cnc2c(N)nc(N)nc21. The summed E-state index contributed by atoms with van der Waals surface area (Å²) >= 11 is 0. The highest BCUT2D eigenvalue weighted by Gasteiger charge is 2.19. The van der Waals surface area contributed by atoms with Crippen LogP contribution in [0.25, 0.3) is 22.3 Å². The van der Waals surface area contributed by atoms with Crippen LogP contribution in [0.3, 0.4) is 0 Å². The number of ether oxygens (including phenoxy) is 1. The fourth-order valence-corrected chi connectivity index (χ4v) is 3.01. The second-order valence-electron chi connectivity index (χ2n) is 5.87. The first-order valence-corrected chi connectivity index (χ1v) is 8.11. The molecule has 0 aliphatic carbocycles. The van der Waals surface area contributed by atoms with Crippen molar-refractivity contribution in [3.8, 4) is 11.1 Å². The van der Waals surface area contributed by atoms with Crippen LogP contribution < -0.4 is 11.5 Å². The maximum atomic E-state index is 5.89. The lowest BCUT2D eigenvalue weighted by Crippen LogP contribution is -2.13. The van der Waals surface area contributed by atoms with Gasteiger partial charge in [0.2, 0.25) is 5.95 Å². The van der Waals surface area contributed by atoms with Crippen LogP contribution in [0, 0.1) is 0 Å². The van der Waals surface area contributed by atoms with E-state index in [9.17, 15) is 0 Å². The molecule has 1 atom stereocenters. The zero-order chi connectivity index (χ0) is 18.1. The molecule has 4 aromatic rings. The van der Waals surface area contributed by atoms with E-state index in [1.54, 1.807) is 18.0 Å². The van der Waals surface area contributed by atoms with Gasteiger partial charge in [-0.3, -0.25) is 4.57 Å². The Morgan fingerprint density at radius 2 is 1.62 bits per heavy atom. The Balaban J connectivity index is 1.74. The van der Waals surface area contributed by atoms with Gasteiger partial charge in [-0.1, -0.05) is 54.6 Å². The monoisotopic (exact) mass is 346 g/mol. The minimum absolute atomic E-state index is 0.103. The van der Waals surface area contributed by atoms with Crippen molar-refractivity contribution in [2.45, 2.75) is 6.23 Å². The topological polar surface area (TPSA) is 105 Å². The summed E-state index contributed by atoms with van der Waals surface area (Å²) in [5.74, 6) is 0.353. The molecule has 4 N–H and O–H groups in total. The van der Waals surface area contributed by atoms with E-state index in [1.807, 2.05) is 30.3 Å². The van der Waals surface area contributed by atoms with Crippen LogP contribution in [0.2, 0.25) is 0 Å². The molecule has 0 saturated carbocycles. The summed E-state index contributed by atoms with van der Waals surface area (Å²) in [6.45, 7) is 0. The number of fused-ring (bicyclic) bond motifs is 1. The van der Waals surface area contributed by atoms with Crippen molar-refractivity contribution in [2.75, 3.05) is 18.6 Å². The van der Waals surface area contributed by atoms with Gasteiger partial charge in [-0.2, -0.15) is 9.97 Å². The van der Waals surface area contributed by atoms with Gasteiger partial charge in [-0.15, -0.1) is 0 Å². The highest BCUT2D eigenvalue weighted by molar-refractivity contribution is 5.82. The molecule has 7 nitrogen and oxygen atoms in total. The first kappa shape index (κ1) is 16.0. The molecular formula is C19H18N6O. The molecular weight excluding hydrogens is 328 g/mol. The van der Waals surface area contributed by atoms with E-state index in [4.69, 9.17) is 16.2 Å². The molecule has 0 radical (unpaired) electrons. The molecule has 0 aliphatic rings. The Morgan fingerprint density at radius 1 is 0.923 bits per heavy atom. The van der Waals surface area contributed by atoms with Gasteiger partial charge in [0.05, 0.1) is 6.33 Å². The molecule has 2 aromatic carbocycles. The Morgan fingerprint density at radius 3 is 2.31 bits per heavy atom. The van der Waals surface area contributed by atoms with Crippen LogP contribution in [0.1, 0.15) is 11.8 Å². The van der Waals surface area contributed by atoms with Gasteiger partial charge in [0.25, 0.3) is 0 Å². The van der Waals surface area contributed by atoms with Crippen molar-refractivity contribution >= 4 is 22.9 Å². The number of benzene rings is 2. The fraction of sp³-hybridized carbons (Fsp3) is 0.105. The van der Waals surface area contributed by atoms with Crippen LogP contribution in [-0.2, 0) is 4.74 Å². The van der Waals surface area contributed by atoms with Crippen molar-refractivity contribution in [3.05, 3.63) is 66.5 Å². The number of imidazole rings is 1. The molecule has 2 heterocycles. The minimum atomic E-state index is -0.404. The summed E-state index contributed by atoms with van der Waals surface area (Å²) in [5.41, 5.74) is 15.9. The second kappa shape index (κ2) is 6.45. The standard InChI is InChI=1S/C19H18N6O/c1-26-18(25-11-22-15-16(20)23-19(21)24-17(15)25)14-9-7-13(8-10-14)12-5-3-2-4-6-12/h2-11,18H,1H3,(H4,20,21,23,24). The number of rotatable bonds is 4. The molecule has 130 valence electrons. The van der Waals surface area contributed by atoms with Crippen LogP contribution in [0.4, 0.5) is 11.8 Å². The van der Waals surface area contributed by atoms with E-state index in [-0.39, 0.29) is 11.8 Å². The van der Waals surface area contributed by atoms with Crippen molar-refractivity contribution in [3.63, 3.8) is 0 Å². The van der Waals surface area contributed by atoms with Crippen molar-refractivity contribution in [1.29, 1.82) is 0 Å². The number of hydrogen-bond donors (Lipinski definition) is 2. The maximum absolute atomic E-state index is 5.89. The number of hydrogen-bond acceptors (Lipinski definition) is 6. The van der Waals surface area contributed by atoms with Gasteiger partial charge in [-0.05, 0) is 11.1 Å². The largest absolute Gasteiger partial charge is 0.382 e. The quantitative estimate of drug-likeness (QED) is 0.589. The van der Waals surface area contributed by atoms with E-state index in [2.05, 4.69) is 39.2 Å². The van der Waals surface area contributed by atoms with E-state index in [1.165, 1.54) is 0 Å². The first-order valence-electron chi connectivity index (χ1n) is 8.11. The predicted octanol–water partition coefficient (Wildman–Crippen LogP) is 2.85. The number of nitrogen functional groups attached to an aromatic ring is 2. The van der Waals surface area contributed by atoms with E-state index < -0.39 is 6.23 Å². The molecule has 0 bridgehead atoms. The van der Waals surface area contributed by atoms with E-state index in [0.29, 0.717) is 11.2 Å². The van der Waals surface area contributed by atoms with Gasteiger partial charge < -0.3 is 16.2 Å². The molecule has 4 rings (SSSR count). The summed E-state index contributed by atoms with van der Waals surface area (Å²) in [7, 11) is 1.63. The smallest absolute Gasteiger partial charge is 0.224 e. The highest BCUT2D eigenvalue weighted by atomic mass is 16.5. The summed E-state index contributed by atoms with van der Waals surface area (Å²) < 4.78 is 7.49. The van der Waals surface area contributed by atoms with Gasteiger partial charge in [-0.25, -0.2) is 4.98 Å². The molecule has 2 aromatic heterocycles. The van der Waals surface area contributed by atoms with Gasteiger partial charge >= 0.3 is 0 Å². The average molecular weight is 346 g/mol. The van der Waals surface area contributed by atoms with Gasteiger partial charge in [0.1, 0.15) is 5.52 Å². The Kier molecular flexibility index (Phi) is 3.98. The predicted molar refractivity (Wildman–Crippen MR) is 101 cm³/mol. The summed E-state index contributed by atoms with van der Waals surface area (Å²) in [4.78, 5) is 12.5. The van der Waals surface area contributed by atoms with Crippen molar-refractivity contribution < 1.29 is 4.74 Å². The van der Waals surface area contributed by atoms with E-state index >= 15 is 0 Å². The molecule has 1 unspecified atom stereocenters. The third-order valence-electron chi connectivity index (χ3n) is 4.24. The third-order valence-corrected chi connectivity index (χ3v) is 4.24. The first-order chi connectivity index (χ1) is 12.7. The Hall–Kier alpha value is -3.45. The number of nitrogens with two attached hydrogens (primary N) is 2. The van der Waals surface area contributed by atoms with Crippen LogP contribution in [0.5, 0.6) is 0 Å². The average Bonchev–Trinajstić information content (AvgIpc) is 3.08. The lowest BCUT2D eigenvalue weighted by Gasteiger charge is -2.18. The zero-order valence-electron chi connectivity index (χ0n) is 14.2. The van der Waals surface area contributed by atoms with Crippen LogP contribution >= 0.6 is 0 Å². The third kappa shape index (κ3) is 2.74. The lowest BCUT2D eigenvalue weighted by molar-refractivity contribution is 0.0814. The molecule has 0 fully saturated rings. The number of methoxy groups -OCH3 is 1. The van der Waals surface area contributed by atoms with Crippen LogP contribution in [0.15, 0.2) is 60.9 Å². The molecule has 0 amide bonds. The maximum Gasteiger partial charge on any atom is 0.224 e. The lowest BCUT2D eigenvalue weighted by atomic mass is 10.0. The van der Waals surface area contributed by atoms with Crippen LogP contribution in [-0.4, -0.2) is 26.6 Å². The minimum Gasteiger partial charge on any atom is -0.382 e. The molecule has 0 aliphatic heterocycles.